The van der Waals surface area contributed by atoms with Gasteiger partial charge in [0.05, 0.1) is 10.9 Å². The Balaban J connectivity index is 1.71. The first kappa shape index (κ1) is 14.4. The van der Waals surface area contributed by atoms with Crippen molar-refractivity contribution in [3.05, 3.63) is 25.7 Å². The highest BCUT2D eigenvalue weighted by Crippen LogP contribution is 2.30. The number of nitrogens with one attached hydrogen (secondary N) is 1. The Morgan fingerprint density at radius 3 is 2.85 bits per heavy atom. The van der Waals surface area contributed by atoms with Crippen LogP contribution < -0.4 is 5.32 Å². The van der Waals surface area contributed by atoms with E-state index in [0.29, 0.717) is 6.04 Å². The maximum absolute atomic E-state index is 11.9. The van der Waals surface area contributed by atoms with Gasteiger partial charge in [-0.1, -0.05) is 19.3 Å². The molecule has 0 radical (unpaired) electrons. The summed E-state index contributed by atoms with van der Waals surface area (Å²) in [6.07, 6.45) is 8.06. The molecule has 2 aliphatic rings. The van der Waals surface area contributed by atoms with Gasteiger partial charge < -0.3 is 5.32 Å². The predicted octanol–water partition coefficient (Wildman–Crippen LogP) is 4.40. The lowest BCUT2D eigenvalue weighted by atomic mass is 9.96. The third-order valence-electron chi connectivity index (χ3n) is 3.39. The molecule has 2 heterocycles. The van der Waals surface area contributed by atoms with Crippen molar-refractivity contribution in [1.82, 2.24) is 5.32 Å². The molecular weight excluding hydrogens is 356 g/mol. The molecule has 6 heteroatoms. The van der Waals surface area contributed by atoms with E-state index >= 15 is 0 Å². The Morgan fingerprint density at radius 1 is 1.35 bits per heavy atom. The summed E-state index contributed by atoms with van der Waals surface area (Å²) in [6.45, 7) is 0. The molecule has 1 saturated heterocycles. The Morgan fingerprint density at radius 2 is 2.15 bits per heavy atom. The highest BCUT2D eigenvalue weighted by molar-refractivity contribution is 9.10. The molecule has 3 nitrogen and oxygen atoms in total. The van der Waals surface area contributed by atoms with Crippen molar-refractivity contribution in [2.75, 3.05) is 0 Å². The fourth-order valence-electron chi connectivity index (χ4n) is 2.40. The second-order valence-corrected chi connectivity index (χ2v) is 7.85. The lowest BCUT2D eigenvalue weighted by Gasteiger charge is -2.17. The van der Waals surface area contributed by atoms with E-state index in [9.17, 15) is 4.79 Å². The zero-order valence-electron chi connectivity index (χ0n) is 10.9. The number of carbonyl (C=O) groups is 1. The molecule has 3 rings (SSSR count). The number of halogens is 1. The molecule has 1 N–H and O–H groups in total. The summed E-state index contributed by atoms with van der Waals surface area (Å²) in [6, 6.07) is 2.41. The summed E-state index contributed by atoms with van der Waals surface area (Å²) in [5.41, 5.74) is 0. The van der Waals surface area contributed by atoms with Crippen molar-refractivity contribution < 1.29 is 4.79 Å². The summed E-state index contributed by atoms with van der Waals surface area (Å²) in [5.74, 6) is -0.0333. The number of hydrogen-bond donors (Lipinski definition) is 1. The molecule has 0 spiro atoms. The number of amidine groups is 1. The Kier molecular flexibility index (Phi) is 4.63. The topological polar surface area (TPSA) is 41.5 Å². The fraction of sp³-hybridized carbons (Fsp3) is 0.429. The van der Waals surface area contributed by atoms with Crippen LogP contribution in [0.15, 0.2) is 25.8 Å². The molecule has 106 valence electrons. The van der Waals surface area contributed by atoms with E-state index in [2.05, 4.69) is 26.2 Å². The molecule has 1 aliphatic carbocycles. The van der Waals surface area contributed by atoms with Crippen LogP contribution in [0.3, 0.4) is 0 Å². The minimum atomic E-state index is -0.0333. The SMILES string of the molecule is O=C1NC(=NC2CCCCC2)SC1=Cc1cc(Br)cs1. The quantitative estimate of drug-likeness (QED) is 0.783. The molecule has 1 amide bonds. The molecule has 1 aliphatic heterocycles. The van der Waals surface area contributed by atoms with Crippen LogP contribution in [0.1, 0.15) is 37.0 Å². The molecule has 0 bridgehead atoms. The second-order valence-electron chi connectivity index (χ2n) is 4.96. The first-order valence-electron chi connectivity index (χ1n) is 6.73. The molecule has 20 heavy (non-hydrogen) atoms. The number of thiophene rings is 1. The Bertz CT molecular complexity index is 573. The standard InChI is InChI=1S/C14H15BrN2OS2/c15-9-6-11(19-8-9)7-12-13(18)17-14(20-12)16-10-4-2-1-3-5-10/h6-8,10H,1-5H2,(H,16,17,18). The lowest BCUT2D eigenvalue weighted by Crippen LogP contribution is -2.22. The van der Waals surface area contributed by atoms with Crippen LogP contribution in [0.4, 0.5) is 0 Å². The average Bonchev–Trinajstić information content (AvgIpc) is 2.98. The summed E-state index contributed by atoms with van der Waals surface area (Å²) >= 11 is 6.50. The van der Waals surface area contributed by atoms with Crippen LogP contribution in [0.2, 0.25) is 0 Å². The second kappa shape index (κ2) is 6.45. The van der Waals surface area contributed by atoms with E-state index in [1.54, 1.807) is 11.3 Å². The lowest BCUT2D eigenvalue weighted by molar-refractivity contribution is -0.115. The van der Waals surface area contributed by atoms with Crippen LogP contribution >= 0.6 is 39.0 Å². The molecular formula is C14H15BrN2OS2. The first-order chi connectivity index (χ1) is 9.70. The largest absolute Gasteiger partial charge is 0.301 e. The van der Waals surface area contributed by atoms with Gasteiger partial charge in [0.1, 0.15) is 0 Å². The summed E-state index contributed by atoms with van der Waals surface area (Å²) in [5, 5.41) is 5.66. The van der Waals surface area contributed by atoms with Crippen LogP contribution in [0.25, 0.3) is 6.08 Å². The van der Waals surface area contributed by atoms with Gasteiger partial charge in [0, 0.05) is 14.7 Å². The van der Waals surface area contributed by atoms with Crippen molar-refractivity contribution in [3.8, 4) is 0 Å². The van der Waals surface area contributed by atoms with Crippen molar-refractivity contribution in [2.24, 2.45) is 4.99 Å². The summed E-state index contributed by atoms with van der Waals surface area (Å²) in [7, 11) is 0. The summed E-state index contributed by atoms with van der Waals surface area (Å²) < 4.78 is 1.05. The van der Waals surface area contributed by atoms with Gasteiger partial charge >= 0.3 is 0 Å². The van der Waals surface area contributed by atoms with Crippen molar-refractivity contribution in [3.63, 3.8) is 0 Å². The number of thioether (sulfide) groups is 1. The van der Waals surface area contributed by atoms with Crippen LogP contribution in [-0.2, 0) is 4.79 Å². The molecule has 1 aromatic rings. The summed E-state index contributed by atoms with van der Waals surface area (Å²) in [4.78, 5) is 18.4. The van der Waals surface area contributed by atoms with Crippen molar-refractivity contribution in [2.45, 2.75) is 38.1 Å². The Hall–Kier alpha value is -0.590. The van der Waals surface area contributed by atoms with Gasteiger partial charge in [-0.3, -0.25) is 9.79 Å². The van der Waals surface area contributed by atoms with Crippen LogP contribution in [0, 0.1) is 0 Å². The molecule has 0 aromatic carbocycles. The number of carbonyl (C=O) groups excluding carboxylic acids is 1. The van der Waals surface area contributed by atoms with E-state index in [1.165, 1.54) is 31.0 Å². The molecule has 1 aromatic heterocycles. The van der Waals surface area contributed by atoms with Crippen molar-refractivity contribution >= 4 is 56.2 Å². The van der Waals surface area contributed by atoms with E-state index in [-0.39, 0.29) is 5.91 Å². The number of hydrogen-bond acceptors (Lipinski definition) is 4. The van der Waals surface area contributed by atoms with Gasteiger partial charge in [0.25, 0.3) is 5.91 Å². The van der Waals surface area contributed by atoms with Gasteiger partial charge in [-0.2, -0.15) is 0 Å². The van der Waals surface area contributed by atoms with Gasteiger partial charge in [0.2, 0.25) is 0 Å². The van der Waals surface area contributed by atoms with E-state index in [1.807, 2.05) is 17.5 Å². The monoisotopic (exact) mass is 370 g/mol. The van der Waals surface area contributed by atoms with Gasteiger partial charge in [-0.05, 0) is 52.7 Å². The zero-order valence-corrected chi connectivity index (χ0v) is 14.1. The fourth-order valence-corrected chi connectivity index (χ4v) is 4.73. The van der Waals surface area contributed by atoms with Crippen molar-refractivity contribution in [1.29, 1.82) is 0 Å². The third-order valence-corrected chi connectivity index (χ3v) is 5.95. The number of rotatable bonds is 2. The first-order valence-corrected chi connectivity index (χ1v) is 9.22. The number of nitrogens with zero attached hydrogens (tertiary/aromatic N) is 1. The molecule has 0 unspecified atom stereocenters. The minimum absolute atomic E-state index is 0.0333. The van der Waals surface area contributed by atoms with Crippen LogP contribution in [-0.4, -0.2) is 17.1 Å². The predicted molar refractivity (Wildman–Crippen MR) is 90.0 cm³/mol. The highest BCUT2D eigenvalue weighted by Gasteiger charge is 2.25. The maximum Gasteiger partial charge on any atom is 0.264 e. The van der Waals surface area contributed by atoms with E-state index in [0.717, 1.165) is 32.3 Å². The smallest absolute Gasteiger partial charge is 0.264 e. The molecule has 2 fully saturated rings. The molecule has 1 saturated carbocycles. The average molecular weight is 371 g/mol. The third kappa shape index (κ3) is 3.54. The normalized spacial score (nSPS) is 24.6. The van der Waals surface area contributed by atoms with Gasteiger partial charge in [0.15, 0.2) is 5.17 Å². The number of aliphatic imine (C=N–C) groups is 1. The van der Waals surface area contributed by atoms with Gasteiger partial charge in [-0.15, -0.1) is 11.3 Å². The van der Waals surface area contributed by atoms with E-state index in [4.69, 9.17) is 0 Å². The van der Waals surface area contributed by atoms with E-state index < -0.39 is 0 Å². The zero-order chi connectivity index (χ0) is 13.9. The minimum Gasteiger partial charge on any atom is -0.301 e. The Labute approximate surface area is 135 Å². The maximum atomic E-state index is 11.9. The van der Waals surface area contributed by atoms with Crippen LogP contribution in [0.5, 0.6) is 0 Å². The number of amides is 1. The van der Waals surface area contributed by atoms with Gasteiger partial charge in [-0.25, -0.2) is 0 Å². The highest BCUT2D eigenvalue weighted by atomic mass is 79.9. The molecule has 0 atom stereocenters.